The average Bonchev–Trinajstić information content (AvgIpc) is 2.61. The van der Waals surface area contributed by atoms with Crippen LogP contribution in [0.4, 0.5) is 0 Å². The van der Waals surface area contributed by atoms with Gasteiger partial charge in [-0.15, -0.1) is 0 Å². The predicted molar refractivity (Wildman–Crippen MR) is 91.3 cm³/mol. The summed E-state index contributed by atoms with van der Waals surface area (Å²) in [6, 6.07) is 9.58. The predicted octanol–water partition coefficient (Wildman–Crippen LogP) is 5.27. The van der Waals surface area contributed by atoms with Gasteiger partial charge in [-0.3, -0.25) is 0 Å². The van der Waals surface area contributed by atoms with Gasteiger partial charge in [-0.1, -0.05) is 52.4 Å². The fourth-order valence-corrected chi connectivity index (χ4v) is 8.49. The second-order valence-electron chi connectivity index (χ2n) is 8.33. The van der Waals surface area contributed by atoms with Crippen molar-refractivity contribution in [1.29, 1.82) is 0 Å². The van der Waals surface area contributed by atoms with Crippen molar-refractivity contribution in [3.05, 3.63) is 35.4 Å². The molecule has 5 rings (SSSR count). The van der Waals surface area contributed by atoms with E-state index in [1.165, 1.54) is 31.2 Å². The van der Waals surface area contributed by atoms with Crippen LogP contribution in [0.3, 0.4) is 0 Å². The van der Waals surface area contributed by atoms with Gasteiger partial charge in [0.05, 0.1) is 0 Å². The first-order chi connectivity index (χ1) is 9.61. The molecule has 3 bridgehead atoms. The SMILES string of the molecule is Cc1ccc(C23CC4CC(I)C5CC(C2)C5(C4)C3)cc1. The largest absolute Gasteiger partial charge is 0.0823 e. The van der Waals surface area contributed by atoms with Crippen LogP contribution in [0, 0.1) is 30.1 Å². The summed E-state index contributed by atoms with van der Waals surface area (Å²) in [6.07, 6.45) is 9.15. The van der Waals surface area contributed by atoms with E-state index in [1.54, 1.807) is 18.4 Å². The van der Waals surface area contributed by atoms with Crippen molar-refractivity contribution in [2.45, 2.75) is 54.8 Å². The van der Waals surface area contributed by atoms with Gasteiger partial charge in [-0.25, -0.2) is 0 Å². The van der Waals surface area contributed by atoms with Crippen LogP contribution >= 0.6 is 22.6 Å². The molecule has 0 saturated heterocycles. The normalized spacial score (nSPS) is 51.7. The summed E-state index contributed by atoms with van der Waals surface area (Å²) >= 11 is 2.78. The smallest absolute Gasteiger partial charge is 0.0146 e. The third-order valence-electron chi connectivity index (χ3n) is 7.40. The number of hydrogen-bond donors (Lipinski definition) is 0. The van der Waals surface area contributed by atoms with Crippen LogP contribution in [-0.4, -0.2) is 3.92 Å². The van der Waals surface area contributed by atoms with E-state index in [-0.39, 0.29) is 0 Å². The lowest BCUT2D eigenvalue weighted by Crippen LogP contribution is -2.56. The molecule has 0 aromatic heterocycles. The molecule has 0 amide bonds. The molecular weight excluding hydrogens is 355 g/mol. The van der Waals surface area contributed by atoms with Gasteiger partial charge in [0.2, 0.25) is 0 Å². The van der Waals surface area contributed by atoms with Crippen molar-refractivity contribution >= 4 is 22.6 Å². The Morgan fingerprint density at radius 3 is 2.65 bits per heavy atom. The lowest BCUT2D eigenvalue weighted by molar-refractivity contribution is -0.0874. The molecule has 1 aromatic rings. The number of hydrogen-bond acceptors (Lipinski definition) is 0. The maximum absolute atomic E-state index is 2.78. The van der Waals surface area contributed by atoms with Gasteiger partial charge >= 0.3 is 0 Å². The molecule has 6 unspecified atom stereocenters. The zero-order valence-corrected chi connectivity index (χ0v) is 14.4. The Hall–Kier alpha value is -0.0500. The molecule has 4 aliphatic rings. The molecule has 20 heavy (non-hydrogen) atoms. The average molecular weight is 378 g/mol. The molecular formula is C19H23I. The topological polar surface area (TPSA) is 0 Å². The highest BCUT2D eigenvalue weighted by molar-refractivity contribution is 14.1. The molecule has 0 radical (unpaired) electrons. The maximum Gasteiger partial charge on any atom is 0.0146 e. The lowest BCUT2D eigenvalue weighted by Gasteiger charge is -2.61. The molecule has 4 fully saturated rings. The van der Waals surface area contributed by atoms with Gasteiger partial charge in [-0.05, 0) is 79.6 Å². The minimum Gasteiger partial charge on any atom is -0.0823 e. The molecule has 1 heteroatoms. The Bertz CT molecular complexity index is 562. The summed E-state index contributed by atoms with van der Waals surface area (Å²) in [7, 11) is 0. The molecule has 6 atom stereocenters. The fourth-order valence-electron chi connectivity index (χ4n) is 6.76. The zero-order valence-electron chi connectivity index (χ0n) is 12.2. The van der Waals surface area contributed by atoms with Crippen molar-refractivity contribution in [3.8, 4) is 0 Å². The maximum atomic E-state index is 2.78. The molecule has 1 aromatic carbocycles. The molecule has 0 heterocycles. The standard InChI is InChI=1S/C19H23I/c1-12-2-4-14(5-3-12)18-8-13-6-17(20)16-7-15(10-18)19(16,9-13)11-18/h2-5,13,15-17H,6-11H2,1H3. The van der Waals surface area contributed by atoms with Crippen LogP contribution < -0.4 is 0 Å². The highest BCUT2D eigenvalue weighted by Gasteiger charge is 2.70. The van der Waals surface area contributed by atoms with Gasteiger partial charge in [0.15, 0.2) is 0 Å². The van der Waals surface area contributed by atoms with Crippen LogP contribution in [0.5, 0.6) is 0 Å². The number of fused-ring (bicyclic) bond motifs is 2. The van der Waals surface area contributed by atoms with Crippen LogP contribution in [0.15, 0.2) is 24.3 Å². The van der Waals surface area contributed by atoms with E-state index in [9.17, 15) is 0 Å². The van der Waals surface area contributed by atoms with Crippen molar-refractivity contribution in [2.75, 3.05) is 0 Å². The van der Waals surface area contributed by atoms with E-state index in [0.29, 0.717) is 5.41 Å². The quantitative estimate of drug-likeness (QED) is 0.462. The van der Waals surface area contributed by atoms with Crippen LogP contribution in [0.1, 0.15) is 49.7 Å². The number of rotatable bonds is 1. The molecule has 1 spiro atoms. The monoisotopic (exact) mass is 378 g/mol. The van der Waals surface area contributed by atoms with Gasteiger partial charge in [-0.2, -0.15) is 0 Å². The van der Waals surface area contributed by atoms with E-state index >= 15 is 0 Å². The van der Waals surface area contributed by atoms with E-state index in [4.69, 9.17) is 0 Å². The van der Waals surface area contributed by atoms with Crippen LogP contribution in [0.25, 0.3) is 0 Å². The van der Waals surface area contributed by atoms with Crippen molar-refractivity contribution < 1.29 is 0 Å². The Morgan fingerprint density at radius 2 is 1.85 bits per heavy atom. The first-order valence-electron chi connectivity index (χ1n) is 8.33. The summed E-state index contributed by atoms with van der Waals surface area (Å²) in [5, 5.41) is 0. The number of benzene rings is 1. The first kappa shape index (κ1) is 12.5. The number of aryl methyl sites for hydroxylation is 1. The minimum atomic E-state index is 0.562. The van der Waals surface area contributed by atoms with Crippen LogP contribution in [-0.2, 0) is 5.41 Å². The highest BCUT2D eigenvalue weighted by Crippen LogP contribution is 2.77. The zero-order chi connectivity index (χ0) is 13.5. The molecule has 0 N–H and O–H groups in total. The van der Waals surface area contributed by atoms with Gasteiger partial charge in [0.25, 0.3) is 0 Å². The summed E-state index contributed by atoms with van der Waals surface area (Å²) in [5.41, 5.74) is 4.42. The lowest BCUT2D eigenvalue weighted by atomic mass is 9.45. The van der Waals surface area contributed by atoms with E-state index in [1.807, 2.05) is 0 Å². The third-order valence-corrected chi connectivity index (χ3v) is 8.78. The number of halogens is 1. The summed E-state index contributed by atoms with van der Waals surface area (Å²) < 4.78 is 0.983. The minimum absolute atomic E-state index is 0.562. The highest BCUT2D eigenvalue weighted by atomic mass is 127. The van der Waals surface area contributed by atoms with Crippen molar-refractivity contribution in [1.82, 2.24) is 0 Å². The summed E-state index contributed by atoms with van der Waals surface area (Å²) in [6.45, 7) is 2.21. The Kier molecular flexibility index (Phi) is 2.39. The number of alkyl halides is 1. The Balaban J connectivity index is 1.60. The van der Waals surface area contributed by atoms with Crippen molar-refractivity contribution in [3.63, 3.8) is 0 Å². The first-order valence-corrected chi connectivity index (χ1v) is 9.57. The molecule has 0 aliphatic heterocycles. The molecule has 4 aliphatic carbocycles. The Morgan fingerprint density at radius 1 is 1.05 bits per heavy atom. The van der Waals surface area contributed by atoms with Gasteiger partial charge < -0.3 is 0 Å². The van der Waals surface area contributed by atoms with Gasteiger partial charge in [0.1, 0.15) is 0 Å². The van der Waals surface area contributed by atoms with Gasteiger partial charge in [0, 0.05) is 3.92 Å². The van der Waals surface area contributed by atoms with E-state index < -0.39 is 0 Å². The summed E-state index contributed by atoms with van der Waals surface area (Å²) in [4.78, 5) is 0. The third kappa shape index (κ3) is 1.39. The van der Waals surface area contributed by atoms with Crippen molar-refractivity contribution in [2.24, 2.45) is 23.2 Å². The van der Waals surface area contributed by atoms with E-state index in [2.05, 4.69) is 53.8 Å². The molecule has 4 saturated carbocycles. The molecule has 0 nitrogen and oxygen atoms in total. The van der Waals surface area contributed by atoms with E-state index in [0.717, 1.165) is 27.1 Å². The fraction of sp³-hybridized carbons (Fsp3) is 0.684. The second-order valence-corrected chi connectivity index (χ2v) is 9.93. The molecule has 106 valence electrons. The van der Waals surface area contributed by atoms with Crippen LogP contribution in [0.2, 0.25) is 0 Å². The second kappa shape index (κ2) is 3.83. The Labute approximate surface area is 135 Å². The summed E-state index contributed by atoms with van der Waals surface area (Å²) in [5.74, 6) is 3.15.